The number of carbonyl (C=O) groups is 1. The van der Waals surface area contributed by atoms with E-state index in [1.54, 1.807) is 16.8 Å². The van der Waals surface area contributed by atoms with E-state index in [0.717, 1.165) is 25.0 Å². The largest absolute Gasteiger partial charge is 0.376 e. The molecule has 128 valence electrons. The normalized spacial score (nSPS) is 17.1. The maximum atomic E-state index is 12.8. The molecule has 0 saturated carbocycles. The van der Waals surface area contributed by atoms with E-state index < -0.39 is 0 Å². The Labute approximate surface area is 142 Å². The number of nitrogens with one attached hydrogen (secondary N) is 1. The van der Waals surface area contributed by atoms with Crippen molar-refractivity contribution in [1.29, 1.82) is 0 Å². The molecule has 2 heterocycles. The molecule has 7 nitrogen and oxygen atoms in total. The third-order valence-electron chi connectivity index (χ3n) is 3.63. The summed E-state index contributed by atoms with van der Waals surface area (Å²) in [6.45, 7) is 1.74. The van der Waals surface area contributed by atoms with Gasteiger partial charge in [-0.15, -0.1) is 5.10 Å². The lowest BCUT2D eigenvalue weighted by molar-refractivity contribution is -0.118. The molecule has 1 aromatic heterocycles. The molecule has 1 atom stereocenters. The van der Waals surface area contributed by atoms with Gasteiger partial charge in [-0.3, -0.25) is 4.79 Å². The van der Waals surface area contributed by atoms with Gasteiger partial charge in [0.25, 0.3) is 0 Å². The molecule has 1 saturated heterocycles. The molecule has 0 bridgehead atoms. The molecule has 2 aromatic rings. The molecule has 3 rings (SSSR count). The summed E-state index contributed by atoms with van der Waals surface area (Å²) in [7, 11) is 0. The van der Waals surface area contributed by atoms with Crippen LogP contribution in [0.5, 0.6) is 0 Å². The number of benzene rings is 1. The van der Waals surface area contributed by atoms with Crippen molar-refractivity contribution in [2.75, 3.05) is 12.4 Å². The zero-order chi connectivity index (χ0) is 16.8. The summed E-state index contributed by atoms with van der Waals surface area (Å²) in [6.07, 6.45) is 2.20. The molecule has 1 aliphatic rings. The number of tetrazole rings is 1. The second-order valence-electron chi connectivity index (χ2n) is 5.47. The lowest BCUT2D eigenvalue weighted by Crippen LogP contribution is -2.25. The first-order chi connectivity index (χ1) is 11.7. The maximum absolute atomic E-state index is 12.8. The van der Waals surface area contributed by atoms with Crippen LogP contribution in [0.4, 0.5) is 4.39 Å². The van der Waals surface area contributed by atoms with Gasteiger partial charge in [-0.05, 0) is 41.0 Å². The van der Waals surface area contributed by atoms with Gasteiger partial charge in [0.05, 0.1) is 18.4 Å². The van der Waals surface area contributed by atoms with Crippen LogP contribution in [0.15, 0.2) is 29.4 Å². The smallest absolute Gasteiger partial charge is 0.230 e. The van der Waals surface area contributed by atoms with Crippen molar-refractivity contribution in [2.45, 2.75) is 37.2 Å². The molecule has 1 aliphatic heterocycles. The van der Waals surface area contributed by atoms with Crippen LogP contribution < -0.4 is 5.32 Å². The second-order valence-corrected chi connectivity index (χ2v) is 6.41. The van der Waals surface area contributed by atoms with E-state index in [1.807, 2.05) is 0 Å². The van der Waals surface area contributed by atoms with Crippen LogP contribution in [0.3, 0.4) is 0 Å². The van der Waals surface area contributed by atoms with E-state index in [4.69, 9.17) is 4.74 Å². The first kappa shape index (κ1) is 16.8. The fourth-order valence-electron chi connectivity index (χ4n) is 2.38. The first-order valence-corrected chi connectivity index (χ1v) is 8.71. The number of halogens is 1. The van der Waals surface area contributed by atoms with E-state index in [2.05, 4.69) is 20.8 Å². The SMILES string of the molecule is O=C(CSc1nnnn1CC1CCCO1)NCc1ccc(F)cc1. The van der Waals surface area contributed by atoms with E-state index in [1.165, 1.54) is 23.9 Å². The highest BCUT2D eigenvalue weighted by atomic mass is 32.2. The highest BCUT2D eigenvalue weighted by molar-refractivity contribution is 7.99. The second kappa shape index (κ2) is 8.20. The molecule has 1 fully saturated rings. The maximum Gasteiger partial charge on any atom is 0.230 e. The Hall–Kier alpha value is -2.00. The molecule has 0 spiro atoms. The standard InChI is InChI=1S/C15H18FN5O2S/c16-12-5-3-11(4-6-12)8-17-14(22)10-24-15-18-19-20-21(15)9-13-2-1-7-23-13/h3-6,13H,1-2,7-10H2,(H,17,22). The van der Waals surface area contributed by atoms with Gasteiger partial charge in [0.2, 0.25) is 11.1 Å². The Morgan fingerprint density at radius 2 is 2.25 bits per heavy atom. The van der Waals surface area contributed by atoms with Crippen LogP contribution in [0, 0.1) is 5.82 Å². The van der Waals surface area contributed by atoms with Crippen LogP contribution in [0.25, 0.3) is 0 Å². The third kappa shape index (κ3) is 4.75. The van der Waals surface area contributed by atoms with Gasteiger partial charge in [-0.2, -0.15) is 0 Å². The quantitative estimate of drug-likeness (QED) is 0.760. The van der Waals surface area contributed by atoms with Crippen molar-refractivity contribution >= 4 is 17.7 Å². The van der Waals surface area contributed by atoms with Gasteiger partial charge in [0, 0.05) is 13.2 Å². The summed E-state index contributed by atoms with van der Waals surface area (Å²) in [5.74, 6) is -0.206. The van der Waals surface area contributed by atoms with Crippen LogP contribution in [0.2, 0.25) is 0 Å². The van der Waals surface area contributed by atoms with Crippen molar-refractivity contribution in [3.05, 3.63) is 35.6 Å². The predicted molar refractivity (Wildman–Crippen MR) is 85.8 cm³/mol. The fourth-order valence-corrected chi connectivity index (χ4v) is 3.10. The molecule has 24 heavy (non-hydrogen) atoms. The van der Waals surface area contributed by atoms with Gasteiger partial charge in [0.1, 0.15) is 5.82 Å². The summed E-state index contributed by atoms with van der Waals surface area (Å²) < 4.78 is 20.1. The van der Waals surface area contributed by atoms with Crippen molar-refractivity contribution in [3.8, 4) is 0 Å². The minimum atomic E-state index is -0.293. The molecular weight excluding hydrogens is 333 g/mol. The minimum absolute atomic E-state index is 0.129. The van der Waals surface area contributed by atoms with Crippen molar-refractivity contribution in [1.82, 2.24) is 25.5 Å². The monoisotopic (exact) mass is 351 g/mol. The third-order valence-corrected chi connectivity index (χ3v) is 4.59. The van der Waals surface area contributed by atoms with Crippen LogP contribution in [-0.4, -0.2) is 44.6 Å². The number of rotatable bonds is 7. The van der Waals surface area contributed by atoms with Crippen molar-refractivity contribution in [2.24, 2.45) is 0 Å². The summed E-state index contributed by atoms with van der Waals surface area (Å²) >= 11 is 1.28. The Morgan fingerprint density at radius 1 is 1.42 bits per heavy atom. The number of aromatic nitrogens is 4. The van der Waals surface area contributed by atoms with E-state index in [-0.39, 0.29) is 23.6 Å². The molecule has 0 radical (unpaired) electrons. The van der Waals surface area contributed by atoms with Gasteiger partial charge < -0.3 is 10.1 Å². The lowest BCUT2D eigenvalue weighted by Gasteiger charge is -2.10. The van der Waals surface area contributed by atoms with Crippen molar-refractivity contribution in [3.63, 3.8) is 0 Å². The molecule has 1 aromatic carbocycles. The van der Waals surface area contributed by atoms with Gasteiger partial charge in [-0.25, -0.2) is 9.07 Å². The van der Waals surface area contributed by atoms with E-state index in [9.17, 15) is 9.18 Å². The summed E-state index contributed by atoms with van der Waals surface area (Å²) in [4.78, 5) is 11.9. The number of thioether (sulfide) groups is 1. The Kier molecular flexibility index (Phi) is 5.76. The number of ether oxygens (including phenoxy) is 1. The molecular formula is C15H18FN5O2S. The zero-order valence-corrected chi connectivity index (χ0v) is 13.8. The van der Waals surface area contributed by atoms with E-state index >= 15 is 0 Å². The number of carbonyl (C=O) groups excluding carboxylic acids is 1. The Balaban J connectivity index is 1.44. The molecule has 9 heteroatoms. The summed E-state index contributed by atoms with van der Waals surface area (Å²) in [5.41, 5.74) is 0.845. The number of nitrogens with zero attached hydrogens (tertiary/aromatic N) is 4. The van der Waals surface area contributed by atoms with Crippen molar-refractivity contribution < 1.29 is 13.9 Å². The Bertz CT molecular complexity index is 673. The molecule has 1 amide bonds. The van der Waals surface area contributed by atoms with E-state index in [0.29, 0.717) is 18.2 Å². The average Bonchev–Trinajstić information content (AvgIpc) is 3.25. The fraction of sp³-hybridized carbons (Fsp3) is 0.467. The number of amides is 1. The van der Waals surface area contributed by atoms with Gasteiger partial charge >= 0.3 is 0 Å². The number of hydrogen-bond acceptors (Lipinski definition) is 6. The highest BCUT2D eigenvalue weighted by Gasteiger charge is 2.19. The van der Waals surface area contributed by atoms with Crippen LogP contribution >= 0.6 is 11.8 Å². The minimum Gasteiger partial charge on any atom is -0.376 e. The summed E-state index contributed by atoms with van der Waals surface area (Å²) in [5, 5.41) is 14.9. The predicted octanol–water partition coefficient (Wildman–Crippen LogP) is 1.40. The van der Waals surface area contributed by atoms with Crippen LogP contribution in [-0.2, 0) is 22.6 Å². The highest BCUT2D eigenvalue weighted by Crippen LogP contribution is 2.18. The molecule has 0 aliphatic carbocycles. The topological polar surface area (TPSA) is 81.9 Å². The zero-order valence-electron chi connectivity index (χ0n) is 13.0. The summed E-state index contributed by atoms with van der Waals surface area (Å²) in [6, 6.07) is 6.03. The van der Waals surface area contributed by atoms with Crippen LogP contribution in [0.1, 0.15) is 18.4 Å². The molecule has 1 N–H and O–H groups in total. The lowest BCUT2D eigenvalue weighted by atomic mass is 10.2. The average molecular weight is 351 g/mol. The van der Waals surface area contributed by atoms with Gasteiger partial charge in [0.15, 0.2) is 0 Å². The van der Waals surface area contributed by atoms with Gasteiger partial charge in [-0.1, -0.05) is 23.9 Å². The number of hydrogen-bond donors (Lipinski definition) is 1. The molecule has 1 unspecified atom stereocenters. The Morgan fingerprint density at radius 3 is 3.00 bits per heavy atom. The first-order valence-electron chi connectivity index (χ1n) is 7.72.